The Morgan fingerprint density at radius 3 is 2.59 bits per heavy atom. The molecule has 0 aliphatic carbocycles. The van der Waals surface area contributed by atoms with E-state index in [9.17, 15) is 14.0 Å². The van der Waals surface area contributed by atoms with Crippen LogP contribution in [0.15, 0.2) is 48.5 Å². The maximum absolute atomic E-state index is 12.9. The van der Waals surface area contributed by atoms with E-state index in [4.69, 9.17) is 4.74 Å². The minimum atomic E-state index is -0.323. The summed E-state index contributed by atoms with van der Waals surface area (Å²) in [6, 6.07) is 12.3. The molecule has 0 spiro atoms. The Hall–Kier alpha value is -2.69. The summed E-state index contributed by atoms with van der Waals surface area (Å²) in [4.78, 5) is 22.7. The molecule has 1 N–H and O–H groups in total. The monoisotopic (exact) mass is 301 g/mol. The molecule has 2 aromatic carbocycles. The van der Waals surface area contributed by atoms with Gasteiger partial charge in [-0.2, -0.15) is 0 Å². The fourth-order valence-electron chi connectivity index (χ4n) is 1.97. The summed E-state index contributed by atoms with van der Waals surface area (Å²) in [6.45, 7) is 1.60. The van der Waals surface area contributed by atoms with Crippen LogP contribution >= 0.6 is 0 Å². The van der Waals surface area contributed by atoms with Gasteiger partial charge in [0.25, 0.3) is 5.91 Å². The molecule has 114 valence electrons. The van der Waals surface area contributed by atoms with Crippen molar-refractivity contribution in [1.29, 1.82) is 0 Å². The van der Waals surface area contributed by atoms with Gasteiger partial charge < -0.3 is 10.1 Å². The highest BCUT2D eigenvalue weighted by Crippen LogP contribution is 2.16. The third kappa shape index (κ3) is 4.15. The van der Waals surface area contributed by atoms with Crippen LogP contribution in [0.25, 0.3) is 0 Å². The van der Waals surface area contributed by atoms with E-state index in [1.165, 1.54) is 12.1 Å². The van der Waals surface area contributed by atoms with E-state index in [-0.39, 0.29) is 24.4 Å². The molecule has 0 bridgehead atoms. The lowest BCUT2D eigenvalue weighted by Gasteiger charge is -2.15. The van der Waals surface area contributed by atoms with Crippen molar-refractivity contribution in [2.24, 2.45) is 0 Å². The SMILES string of the molecule is CC(NC(=O)COc1ccccc1C=O)c1ccc(F)cc1. The minimum absolute atomic E-state index is 0.198. The molecular formula is C17H16FNO3. The van der Waals surface area contributed by atoms with Crippen LogP contribution < -0.4 is 10.1 Å². The molecule has 1 atom stereocenters. The zero-order valence-corrected chi connectivity index (χ0v) is 12.1. The van der Waals surface area contributed by atoms with E-state index in [0.717, 1.165) is 5.56 Å². The van der Waals surface area contributed by atoms with Crippen LogP contribution in [0.3, 0.4) is 0 Å². The highest BCUT2D eigenvalue weighted by Gasteiger charge is 2.11. The van der Waals surface area contributed by atoms with Gasteiger partial charge in [0, 0.05) is 0 Å². The van der Waals surface area contributed by atoms with Gasteiger partial charge in [0.05, 0.1) is 11.6 Å². The van der Waals surface area contributed by atoms with Crippen molar-refractivity contribution >= 4 is 12.2 Å². The van der Waals surface area contributed by atoms with Crippen molar-refractivity contribution in [3.05, 3.63) is 65.5 Å². The summed E-state index contributed by atoms with van der Waals surface area (Å²) in [7, 11) is 0. The van der Waals surface area contributed by atoms with Crippen LogP contribution in [0, 0.1) is 5.82 Å². The number of para-hydroxylation sites is 1. The average Bonchev–Trinajstić information content (AvgIpc) is 2.53. The van der Waals surface area contributed by atoms with E-state index in [0.29, 0.717) is 17.6 Å². The molecule has 1 amide bonds. The van der Waals surface area contributed by atoms with Crippen LogP contribution in [0.4, 0.5) is 4.39 Å². The second kappa shape index (κ2) is 7.36. The first-order chi connectivity index (χ1) is 10.6. The van der Waals surface area contributed by atoms with Crippen molar-refractivity contribution in [2.45, 2.75) is 13.0 Å². The molecule has 5 heteroatoms. The molecule has 2 rings (SSSR count). The Morgan fingerprint density at radius 1 is 1.23 bits per heavy atom. The van der Waals surface area contributed by atoms with Gasteiger partial charge in [-0.05, 0) is 36.8 Å². The van der Waals surface area contributed by atoms with E-state index < -0.39 is 0 Å². The number of hydrogen-bond donors (Lipinski definition) is 1. The lowest BCUT2D eigenvalue weighted by Crippen LogP contribution is -2.31. The van der Waals surface area contributed by atoms with E-state index in [2.05, 4.69) is 5.32 Å². The fourth-order valence-corrected chi connectivity index (χ4v) is 1.97. The van der Waals surface area contributed by atoms with Gasteiger partial charge in [0.15, 0.2) is 12.9 Å². The van der Waals surface area contributed by atoms with Gasteiger partial charge in [-0.1, -0.05) is 24.3 Å². The average molecular weight is 301 g/mol. The second-order valence-electron chi connectivity index (χ2n) is 4.79. The van der Waals surface area contributed by atoms with Gasteiger partial charge in [0.2, 0.25) is 0 Å². The first-order valence-corrected chi connectivity index (χ1v) is 6.82. The molecule has 22 heavy (non-hydrogen) atoms. The lowest BCUT2D eigenvalue weighted by molar-refractivity contribution is -0.123. The van der Waals surface area contributed by atoms with Crippen LogP contribution in [0.2, 0.25) is 0 Å². The molecule has 2 aromatic rings. The second-order valence-corrected chi connectivity index (χ2v) is 4.79. The number of benzene rings is 2. The van der Waals surface area contributed by atoms with Gasteiger partial charge >= 0.3 is 0 Å². The predicted octanol–water partition coefficient (Wildman–Crippen LogP) is 2.89. The van der Waals surface area contributed by atoms with Crippen LogP contribution in [0.5, 0.6) is 5.75 Å². The number of amides is 1. The quantitative estimate of drug-likeness (QED) is 0.835. The Balaban J connectivity index is 1.90. The number of halogens is 1. The first kappa shape index (κ1) is 15.7. The molecule has 1 unspecified atom stereocenters. The van der Waals surface area contributed by atoms with Gasteiger partial charge in [-0.3, -0.25) is 9.59 Å². The standard InChI is InChI=1S/C17H16FNO3/c1-12(13-6-8-15(18)9-7-13)19-17(21)11-22-16-5-3-2-4-14(16)10-20/h2-10,12H,11H2,1H3,(H,19,21). The Kier molecular flexibility index (Phi) is 5.25. The number of rotatable bonds is 6. The highest BCUT2D eigenvalue weighted by molar-refractivity contribution is 5.81. The van der Waals surface area contributed by atoms with Crippen LogP contribution in [-0.4, -0.2) is 18.8 Å². The number of carbonyl (C=O) groups is 2. The van der Waals surface area contributed by atoms with Crippen LogP contribution in [0.1, 0.15) is 28.9 Å². The molecule has 0 aliphatic heterocycles. The summed E-state index contributed by atoms with van der Waals surface area (Å²) in [5.41, 5.74) is 1.19. The maximum atomic E-state index is 12.9. The molecule has 0 aliphatic rings. The van der Waals surface area contributed by atoms with Crippen molar-refractivity contribution in [3.63, 3.8) is 0 Å². The van der Waals surface area contributed by atoms with Crippen molar-refractivity contribution < 1.29 is 18.7 Å². The normalized spacial score (nSPS) is 11.5. The summed E-state index contributed by atoms with van der Waals surface area (Å²) < 4.78 is 18.2. The molecule has 0 radical (unpaired) electrons. The third-order valence-corrected chi connectivity index (χ3v) is 3.15. The number of ether oxygens (including phenoxy) is 1. The number of hydrogen-bond acceptors (Lipinski definition) is 3. The number of aldehydes is 1. The van der Waals surface area contributed by atoms with Gasteiger partial charge in [0.1, 0.15) is 11.6 Å². The Bertz CT molecular complexity index is 655. The predicted molar refractivity (Wildman–Crippen MR) is 80.3 cm³/mol. The molecule has 0 fully saturated rings. The van der Waals surface area contributed by atoms with Gasteiger partial charge in [-0.15, -0.1) is 0 Å². The molecule has 4 nitrogen and oxygen atoms in total. The van der Waals surface area contributed by atoms with E-state index in [1.54, 1.807) is 43.3 Å². The Morgan fingerprint density at radius 2 is 1.91 bits per heavy atom. The van der Waals surface area contributed by atoms with Crippen molar-refractivity contribution in [2.75, 3.05) is 6.61 Å². The summed E-state index contributed by atoms with van der Waals surface area (Å²) in [5, 5.41) is 2.75. The van der Waals surface area contributed by atoms with E-state index in [1.807, 2.05) is 0 Å². The lowest BCUT2D eigenvalue weighted by atomic mass is 10.1. The van der Waals surface area contributed by atoms with E-state index >= 15 is 0 Å². The molecule has 0 saturated carbocycles. The number of carbonyl (C=O) groups excluding carboxylic acids is 2. The summed E-state index contributed by atoms with van der Waals surface area (Å²) >= 11 is 0. The maximum Gasteiger partial charge on any atom is 0.258 e. The minimum Gasteiger partial charge on any atom is -0.483 e. The highest BCUT2D eigenvalue weighted by atomic mass is 19.1. The zero-order valence-electron chi connectivity index (χ0n) is 12.1. The van der Waals surface area contributed by atoms with Crippen molar-refractivity contribution in [1.82, 2.24) is 5.32 Å². The molecular weight excluding hydrogens is 285 g/mol. The first-order valence-electron chi connectivity index (χ1n) is 6.82. The zero-order chi connectivity index (χ0) is 15.9. The largest absolute Gasteiger partial charge is 0.483 e. The van der Waals surface area contributed by atoms with Crippen LogP contribution in [-0.2, 0) is 4.79 Å². The fraction of sp³-hybridized carbons (Fsp3) is 0.176. The molecule has 0 aromatic heterocycles. The number of nitrogens with one attached hydrogen (secondary N) is 1. The van der Waals surface area contributed by atoms with Gasteiger partial charge in [-0.25, -0.2) is 4.39 Å². The summed E-state index contributed by atoms with van der Waals surface area (Å²) in [6.07, 6.45) is 0.675. The molecule has 0 saturated heterocycles. The topological polar surface area (TPSA) is 55.4 Å². The summed E-state index contributed by atoms with van der Waals surface area (Å²) in [5.74, 6) is -0.282. The van der Waals surface area contributed by atoms with Crippen molar-refractivity contribution in [3.8, 4) is 5.75 Å². The third-order valence-electron chi connectivity index (χ3n) is 3.15. The smallest absolute Gasteiger partial charge is 0.258 e. The Labute approximate surface area is 127 Å². The molecule has 0 heterocycles.